The van der Waals surface area contributed by atoms with Crippen LogP contribution in [0.2, 0.25) is 0 Å². The molecule has 0 aliphatic carbocycles. The van der Waals surface area contributed by atoms with Crippen molar-refractivity contribution in [2.24, 2.45) is 0 Å². The minimum absolute atomic E-state index is 0.154. The quantitative estimate of drug-likeness (QED) is 0.551. The maximum Gasteiger partial charge on any atom is 0.326 e. The lowest BCUT2D eigenvalue weighted by Gasteiger charge is -2.40. The van der Waals surface area contributed by atoms with Crippen molar-refractivity contribution in [2.45, 2.75) is 24.8 Å². The lowest BCUT2D eigenvalue weighted by Crippen LogP contribution is -2.46. The second-order valence-corrected chi connectivity index (χ2v) is 9.07. The molecule has 176 valence electrons. The summed E-state index contributed by atoms with van der Waals surface area (Å²) in [5, 5.41) is 3.01. The van der Waals surface area contributed by atoms with Gasteiger partial charge in [0.15, 0.2) is 11.6 Å². The molecule has 0 atom stereocenters. The van der Waals surface area contributed by atoms with Gasteiger partial charge < -0.3 is 10.1 Å². The number of carbonyl (C=O) groups is 1. The van der Waals surface area contributed by atoms with Crippen LogP contribution in [0.25, 0.3) is 0 Å². The molecule has 2 aliphatic rings. The van der Waals surface area contributed by atoms with E-state index >= 15 is 0 Å². The lowest BCUT2D eigenvalue weighted by atomic mass is 9.74. The Labute approximate surface area is 197 Å². The van der Waals surface area contributed by atoms with Crippen LogP contribution in [0.1, 0.15) is 24.0 Å². The molecule has 7 heteroatoms. The Hall–Kier alpha value is -3.45. The molecule has 0 radical (unpaired) electrons. The smallest absolute Gasteiger partial charge is 0.326 e. The van der Waals surface area contributed by atoms with Crippen LogP contribution in [0.4, 0.5) is 25.0 Å². The van der Waals surface area contributed by atoms with E-state index in [1.807, 2.05) is 47.4 Å². The van der Waals surface area contributed by atoms with Crippen LogP contribution in [-0.2, 0) is 12.0 Å². The number of nitrogens with one attached hydrogen (secondary N) is 1. The Balaban J connectivity index is 1.35. The van der Waals surface area contributed by atoms with Crippen LogP contribution in [-0.4, -0.2) is 37.7 Å². The molecule has 1 spiro atoms. The summed E-state index contributed by atoms with van der Waals surface area (Å²) >= 11 is 0. The molecular weight excluding hydrogens is 436 g/mol. The fourth-order valence-electron chi connectivity index (χ4n) is 5.13. The Morgan fingerprint density at radius 3 is 2.47 bits per heavy atom. The van der Waals surface area contributed by atoms with Gasteiger partial charge in [-0.1, -0.05) is 24.3 Å². The van der Waals surface area contributed by atoms with Crippen molar-refractivity contribution in [1.29, 1.82) is 0 Å². The first-order valence-electron chi connectivity index (χ1n) is 11.5. The number of piperidine rings is 1. The fourth-order valence-corrected chi connectivity index (χ4v) is 5.13. The van der Waals surface area contributed by atoms with Crippen molar-refractivity contribution >= 4 is 17.4 Å². The third kappa shape index (κ3) is 4.23. The van der Waals surface area contributed by atoms with E-state index in [1.165, 1.54) is 12.1 Å². The Morgan fingerprint density at radius 2 is 1.76 bits per heavy atom. The monoisotopic (exact) mass is 463 g/mol. The minimum Gasteiger partial charge on any atom is -0.497 e. The molecular formula is C27H27F2N3O2. The summed E-state index contributed by atoms with van der Waals surface area (Å²) in [6, 6.07) is 19.3. The number of benzene rings is 3. The highest BCUT2D eigenvalue weighted by Gasteiger charge is 2.46. The first-order chi connectivity index (χ1) is 16.5. The highest BCUT2D eigenvalue weighted by Crippen LogP contribution is 2.48. The van der Waals surface area contributed by atoms with Crippen LogP contribution in [0, 0.1) is 11.6 Å². The normalized spacial score (nSPS) is 17.0. The number of halogens is 2. The SMILES string of the molecule is COc1ccc2c(c1)C1(CCN(Cc3ccc(F)c(F)c3)CC1)CN2C(=O)Nc1ccccc1. The number of anilines is 2. The highest BCUT2D eigenvalue weighted by atomic mass is 19.2. The van der Waals surface area contributed by atoms with E-state index < -0.39 is 11.6 Å². The number of amides is 2. The van der Waals surface area contributed by atoms with E-state index in [4.69, 9.17) is 4.74 Å². The van der Waals surface area contributed by atoms with Crippen molar-refractivity contribution < 1.29 is 18.3 Å². The van der Waals surface area contributed by atoms with Gasteiger partial charge in [0, 0.05) is 29.9 Å². The van der Waals surface area contributed by atoms with Crippen molar-refractivity contribution in [3.05, 3.63) is 89.5 Å². The number of carbonyl (C=O) groups excluding carboxylic acids is 1. The molecule has 2 amide bonds. The Bertz CT molecular complexity index is 1190. The van der Waals surface area contributed by atoms with Gasteiger partial charge >= 0.3 is 6.03 Å². The Kier molecular flexibility index (Phi) is 5.96. The maximum absolute atomic E-state index is 13.6. The summed E-state index contributed by atoms with van der Waals surface area (Å²) in [6.45, 7) is 2.75. The van der Waals surface area contributed by atoms with Crippen molar-refractivity contribution in [1.82, 2.24) is 4.90 Å². The van der Waals surface area contributed by atoms with Crippen molar-refractivity contribution in [3.63, 3.8) is 0 Å². The molecule has 1 fully saturated rings. The first kappa shape index (κ1) is 22.3. The van der Waals surface area contributed by atoms with Gasteiger partial charge in [0.1, 0.15) is 5.75 Å². The van der Waals surface area contributed by atoms with Crippen LogP contribution >= 0.6 is 0 Å². The fraction of sp³-hybridized carbons (Fsp3) is 0.296. The predicted molar refractivity (Wildman–Crippen MR) is 128 cm³/mol. The summed E-state index contributed by atoms with van der Waals surface area (Å²) in [6.07, 6.45) is 1.71. The summed E-state index contributed by atoms with van der Waals surface area (Å²) in [4.78, 5) is 17.3. The predicted octanol–water partition coefficient (Wildman–Crippen LogP) is 5.56. The summed E-state index contributed by atoms with van der Waals surface area (Å²) < 4.78 is 32.4. The molecule has 3 aromatic rings. The van der Waals surface area contributed by atoms with E-state index in [2.05, 4.69) is 16.3 Å². The number of likely N-dealkylation sites (tertiary alicyclic amines) is 1. The molecule has 2 heterocycles. The second-order valence-electron chi connectivity index (χ2n) is 9.07. The zero-order valence-electron chi connectivity index (χ0n) is 19.1. The third-order valence-electron chi connectivity index (χ3n) is 7.00. The van der Waals surface area contributed by atoms with E-state index in [0.717, 1.165) is 54.2 Å². The zero-order chi connectivity index (χ0) is 23.7. The van der Waals surface area contributed by atoms with Crippen molar-refractivity contribution in [2.75, 3.05) is 37.0 Å². The van der Waals surface area contributed by atoms with Gasteiger partial charge in [-0.2, -0.15) is 0 Å². The molecule has 1 saturated heterocycles. The van der Waals surface area contributed by atoms with Gasteiger partial charge in [0.25, 0.3) is 0 Å². The van der Waals surface area contributed by atoms with E-state index in [-0.39, 0.29) is 11.4 Å². The average molecular weight is 464 g/mol. The number of hydrogen-bond acceptors (Lipinski definition) is 3. The highest BCUT2D eigenvalue weighted by molar-refractivity contribution is 6.03. The standard InChI is InChI=1S/C27H27F2N3O2/c1-34-21-8-10-25-22(16-21)27(18-32(25)26(33)30-20-5-3-2-4-6-20)11-13-31(14-12-27)17-19-7-9-23(28)24(29)15-19/h2-10,15-16H,11-14,17-18H2,1H3,(H,30,33). The van der Waals surface area contributed by atoms with Crippen LogP contribution < -0.4 is 15.0 Å². The van der Waals surface area contributed by atoms with Crippen LogP contribution in [0.5, 0.6) is 5.75 Å². The molecule has 0 unspecified atom stereocenters. The van der Waals surface area contributed by atoms with E-state index in [0.29, 0.717) is 13.1 Å². The summed E-state index contributed by atoms with van der Waals surface area (Å²) in [7, 11) is 1.65. The van der Waals surface area contributed by atoms with Crippen LogP contribution in [0.15, 0.2) is 66.7 Å². The number of urea groups is 1. The minimum atomic E-state index is -0.827. The Morgan fingerprint density at radius 1 is 1.00 bits per heavy atom. The number of nitrogens with zero attached hydrogens (tertiary/aromatic N) is 2. The molecule has 5 rings (SSSR count). The maximum atomic E-state index is 13.6. The molecule has 0 bridgehead atoms. The molecule has 1 N–H and O–H groups in total. The van der Waals surface area contributed by atoms with Gasteiger partial charge in [-0.25, -0.2) is 13.6 Å². The van der Waals surface area contributed by atoms with E-state index in [1.54, 1.807) is 13.2 Å². The third-order valence-corrected chi connectivity index (χ3v) is 7.00. The largest absolute Gasteiger partial charge is 0.497 e. The summed E-state index contributed by atoms with van der Waals surface area (Å²) in [5.41, 5.74) is 3.37. The van der Waals surface area contributed by atoms with Gasteiger partial charge in [-0.3, -0.25) is 9.80 Å². The molecule has 34 heavy (non-hydrogen) atoms. The number of rotatable bonds is 4. The van der Waals surface area contributed by atoms with E-state index in [9.17, 15) is 13.6 Å². The lowest BCUT2D eigenvalue weighted by molar-refractivity contribution is 0.159. The zero-order valence-corrected chi connectivity index (χ0v) is 19.1. The number of methoxy groups -OCH3 is 1. The second kappa shape index (κ2) is 9.06. The topological polar surface area (TPSA) is 44.8 Å². The molecule has 3 aromatic carbocycles. The van der Waals surface area contributed by atoms with Gasteiger partial charge in [0.2, 0.25) is 0 Å². The van der Waals surface area contributed by atoms with Crippen molar-refractivity contribution in [3.8, 4) is 5.75 Å². The molecule has 2 aliphatic heterocycles. The molecule has 5 nitrogen and oxygen atoms in total. The average Bonchev–Trinajstić information content (AvgIpc) is 3.17. The van der Waals surface area contributed by atoms with Gasteiger partial charge in [-0.15, -0.1) is 0 Å². The number of fused-ring (bicyclic) bond motifs is 2. The number of hydrogen-bond donors (Lipinski definition) is 1. The molecule has 0 saturated carbocycles. The summed E-state index contributed by atoms with van der Waals surface area (Å²) in [5.74, 6) is -0.873. The van der Waals surface area contributed by atoms with Gasteiger partial charge in [0.05, 0.1) is 7.11 Å². The first-order valence-corrected chi connectivity index (χ1v) is 11.5. The number of para-hydroxylation sites is 1. The molecule has 0 aromatic heterocycles. The van der Waals surface area contributed by atoms with Crippen LogP contribution in [0.3, 0.4) is 0 Å². The number of ether oxygens (including phenoxy) is 1. The van der Waals surface area contributed by atoms with Gasteiger partial charge in [-0.05, 0) is 79.5 Å².